The van der Waals surface area contributed by atoms with Gasteiger partial charge in [0.2, 0.25) is 0 Å². The summed E-state index contributed by atoms with van der Waals surface area (Å²) in [6, 6.07) is 24.3. The van der Waals surface area contributed by atoms with E-state index in [4.69, 9.17) is 16.3 Å². The SMILES string of the molecule is Cc1ccc(S(=O)(=O)N(Cc2ccc(Cl)cc2)c2ccc(OCC(=O)Nc3cccc([N+](=O)[O-])c3C)cc2)cc1. The van der Waals surface area contributed by atoms with Crippen LogP contribution in [0.15, 0.2) is 95.9 Å². The topological polar surface area (TPSA) is 119 Å². The highest BCUT2D eigenvalue weighted by Crippen LogP contribution is 2.29. The number of carbonyl (C=O) groups is 1. The van der Waals surface area contributed by atoms with E-state index in [0.29, 0.717) is 27.7 Å². The molecule has 40 heavy (non-hydrogen) atoms. The Labute approximate surface area is 237 Å². The lowest BCUT2D eigenvalue weighted by Gasteiger charge is -2.25. The number of amides is 1. The molecule has 0 spiro atoms. The zero-order chi connectivity index (χ0) is 28.9. The molecular weight excluding hydrogens is 554 g/mol. The van der Waals surface area contributed by atoms with Crippen molar-refractivity contribution in [2.24, 2.45) is 0 Å². The second kappa shape index (κ2) is 12.2. The molecule has 206 valence electrons. The van der Waals surface area contributed by atoms with Crippen LogP contribution in [0.5, 0.6) is 5.75 Å². The molecule has 0 aliphatic carbocycles. The number of nitrogens with one attached hydrogen (secondary N) is 1. The predicted molar refractivity (Wildman–Crippen MR) is 154 cm³/mol. The molecule has 0 fully saturated rings. The van der Waals surface area contributed by atoms with Crippen LogP contribution in [0.1, 0.15) is 16.7 Å². The van der Waals surface area contributed by atoms with Gasteiger partial charge in [-0.15, -0.1) is 0 Å². The summed E-state index contributed by atoms with van der Waals surface area (Å²) in [6.07, 6.45) is 0. The monoisotopic (exact) mass is 579 g/mol. The molecular formula is C29H26ClN3O6S. The molecule has 0 unspecified atom stereocenters. The maximum Gasteiger partial charge on any atom is 0.274 e. The molecule has 0 atom stereocenters. The van der Waals surface area contributed by atoms with Crippen molar-refractivity contribution in [3.05, 3.63) is 123 Å². The molecule has 0 radical (unpaired) electrons. The number of hydrogen-bond donors (Lipinski definition) is 1. The fourth-order valence-electron chi connectivity index (χ4n) is 3.91. The number of nitro benzene ring substituents is 1. The van der Waals surface area contributed by atoms with Gasteiger partial charge >= 0.3 is 0 Å². The average molecular weight is 580 g/mol. The Balaban J connectivity index is 1.51. The zero-order valence-electron chi connectivity index (χ0n) is 21.7. The summed E-state index contributed by atoms with van der Waals surface area (Å²) in [5, 5.41) is 14.3. The third-order valence-corrected chi connectivity index (χ3v) is 8.16. The normalized spacial score (nSPS) is 11.1. The van der Waals surface area contributed by atoms with Gasteiger partial charge in [0.25, 0.3) is 21.6 Å². The first-order valence-corrected chi connectivity index (χ1v) is 14.0. The minimum atomic E-state index is -3.92. The van der Waals surface area contributed by atoms with Crippen molar-refractivity contribution in [1.82, 2.24) is 0 Å². The van der Waals surface area contributed by atoms with E-state index in [2.05, 4.69) is 5.32 Å². The van der Waals surface area contributed by atoms with Gasteiger partial charge in [-0.25, -0.2) is 8.42 Å². The molecule has 0 aliphatic rings. The van der Waals surface area contributed by atoms with Crippen molar-refractivity contribution in [2.75, 3.05) is 16.2 Å². The summed E-state index contributed by atoms with van der Waals surface area (Å²) >= 11 is 6.01. The second-order valence-electron chi connectivity index (χ2n) is 8.99. The van der Waals surface area contributed by atoms with E-state index >= 15 is 0 Å². The van der Waals surface area contributed by atoms with E-state index < -0.39 is 20.9 Å². The zero-order valence-corrected chi connectivity index (χ0v) is 23.3. The van der Waals surface area contributed by atoms with Crippen LogP contribution in [-0.2, 0) is 21.4 Å². The molecule has 4 aromatic rings. The van der Waals surface area contributed by atoms with Crippen LogP contribution in [0, 0.1) is 24.0 Å². The van der Waals surface area contributed by atoms with Gasteiger partial charge in [-0.05, 0) is 74.0 Å². The van der Waals surface area contributed by atoms with Gasteiger partial charge in [-0.1, -0.05) is 47.5 Å². The van der Waals surface area contributed by atoms with Crippen LogP contribution in [0.4, 0.5) is 17.1 Å². The van der Waals surface area contributed by atoms with Crippen LogP contribution in [0.25, 0.3) is 0 Å². The number of benzene rings is 4. The largest absolute Gasteiger partial charge is 0.484 e. The maximum absolute atomic E-state index is 13.7. The highest BCUT2D eigenvalue weighted by Gasteiger charge is 2.25. The lowest BCUT2D eigenvalue weighted by Crippen LogP contribution is -2.30. The molecule has 11 heteroatoms. The van der Waals surface area contributed by atoms with Crippen molar-refractivity contribution < 1.29 is 22.9 Å². The molecule has 0 saturated carbocycles. The fourth-order valence-corrected chi connectivity index (χ4v) is 5.49. The number of nitrogens with zero attached hydrogens (tertiary/aromatic N) is 2. The first-order chi connectivity index (χ1) is 19.0. The Bertz CT molecular complexity index is 1620. The Hall–Kier alpha value is -4.41. The van der Waals surface area contributed by atoms with Gasteiger partial charge in [0, 0.05) is 11.1 Å². The minimum absolute atomic E-state index is 0.0680. The molecule has 0 bridgehead atoms. The summed E-state index contributed by atoms with van der Waals surface area (Å²) in [5.74, 6) is -0.159. The van der Waals surface area contributed by atoms with Crippen LogP contribution >= 0.6 is 11.6 Å². The van der Waals surface area contributed by atoms with Crippen LogP contribution in [0.2, 0.25) is 5.02 Å². The maximum atomic E-state index is 13.7. The quantitative estimate of drug-likeness (QED) is 0.174. The van der Waals surface area contributed by atoms with Gasteiger partial charge in [-0.3, -0.25) is 19.2 Å². The summed E-state index contributed by atoms with van der Waals surface area (Å²) in [6.45, 7) is 3.15. The number of anilines is 2. The number of hydrogen-bond acceptors (Lipinski definition) is 6. The van der Waals surface area contributed by atoms with Crippen LogP contribution < -0.4 is 14.4 Å². The predicted octanol–water partition coefficient (Wildman–Crippen LogP) is 6.28. The molecule has 0 aliphatic heterocycles. The first-order valence-electron chi connectivity index (χ1n) is 12.1. The third kappa shape index (κ3) is 6.77. The number of carbonyl (C=O) groups excluding carboxylic acids is 1. The highest BCUT2D eigenvalue weighted by molar-refractivity contribution is 7.92. The van der Waals surface area contributed by atoms with E-state index in [1.54, 1.807) is 85.8 Å². The Morgan fingerprint density at radius 3 is 2.23 bits per heavy atom. The number of aryl methyl sites for hydroxylation is 1. The lowest BCUT2D eigenvalue weighted by molar-refractivity contribution is -0.385. The molecule has 0 aromatic heterocycles. The van der Waals surface area contributed by atoms with Gasteiger partial charge in [0.05, 0.1) is 33.3 Å². The number of ether oxygens (including phenoxy) is 1. The van der Waals surface area contributed by atoms with Crippen LogP contribution in [-0.4, -0.2) is 25.9 Å². The van der Waals surface area contributed by atoms with Crippen molar-refractivity contribution in [3.63, 3.8) is 0 Å². The molecule has 9 nitrogen and oxygen atoms in total. The minimum Gasteiger partial charge on any atom is -0.484 e. The summed E-state index contributed by atoms with van der Waals surface area (Å²) in [4.78, 5) is 23.2. The van der Waals surface area contributed by atoms with E-state index in [9.17, 15) is 23.3 Å². The molecule has 1 N–H and O–H groups in total. The first kappa shape index (κ1) is 28.6. The summed E-state index contributed by atoms with van der Waals surface area (Å²) in [7, 11) is -3.92. The molecule has 4 rings (SSSR count). The Kier molecular flexibility index (Phi) is 8.71. The van der Waals surface area contributed by atoms with Gasteiger partial charge < -0.3 is 10.1 Å². The molecule has 0 saturated heterocycles. The third-order valence-electron chi connectivity index (χ3n) is 6.12. The number of nitro groups is 1. The van der Waals surface area contributed by atoms with Crippen molar-refractivity contribution in [2.45, 2.75) is 25.3 Å². The summed E-state index contributed by atoms with van der Waals surface area (Å²) < 4.78 is 34.2. The van der Waals surface area contributed by atoms with Crippen molar-refractivity contribution >= 4 is 44.6 Å². The molecule has 0 heterocycles. The van der Waals surface area contributed by atoms with Gasteiger partial charge in [-0.2, -0.15) is 0 Å². The molecule has 1 amide bonds. The van der Waals surface area contributed by atoms with Crippen molar-refractivity contribution in [1.29, 1.82) is 0 Å². The van der Waals surface area contributed by atoms with Gasteiger partial charge in [0.15, 0.2) is 6.61 Å². The van der Waals surface area contributed by atoms with Gasteiger partial charge in [0.1, 0.15) is 5.75 Å². The Morgan fingerprint density at radius 2 is 1.60 bits per heavy atom. The Morgan fingerprint density at radius 1 is 0.950 bits per heavy atom. The number of halogens is 1. The number of sulfonamides is 1. The van der Waals surface area contributed by atoms with E-state index in [1.807, 2.05) is 6.92 Å². The average Bonchev–Trinajstić information content (AvgIpc) is 2.93. The van der Waals surface area contributed by atoms with Crippen molar-refractivity contribution in [3.8, 4) is 5.75 Å². The highest BCUT2D eigenvalue weighted by atomic mass is 35.5. The van der Waals surface area contributed by atoms with E-state index in [0.717, 1.165) is 11.1 Å². The van der Waals surface area contributed by atoms with E-state index in [1.165, 1.54) is 16.4 Å². The lowest BCUT2D eigenvalue weighted by atomic mass is 10.1. The standard InChI is InChI=1S/C29H26ClN3O6S/c1-20-6-16-26(17-7-20)40(37,38)32(18-22-8-10-23(30)11-9-22)24-12-14-25(15-13-24)39-19-29(34)31-27-4-3-5-28(21(27)2)33(35)36/h3-17H,18-19H2,1-2H3,(H,31,34). The smallest absolute Gasteiger partial charge is 0.274 e. The molecule has 4 aromatic carbocycles. The summed E-state index contributed by atoms with van der Waals surface area (Å²) in [5.41, 5.74) is 2.64. The second-order valence-corrected chi connectivity index (χ2v) is 11.3. The van der Waals surface area contributed by atoms with E-state index in [-0.39, 0.29) is 23.7 Å². The van der Waals surface area contributed by atoms with Crippen LogP contribution in [0.3, 0.4) is 0 Å². The number of rotatable bonds is 10. The fraction of sp³-hybridized carbons (Fsp3) is 0.138.